The van der Waals surface area contributed by atoms with Crippen LogP contribution in [0.4, 0.5) is 8.78 Å². The number of alkyl halides is 2. The summed E-state index contributed by atoms with van der Waals surface area (Å²) in [7, 11) is 0. The van der Waals surface area contributed by atoms with E-state index in [2.05, 4.69) is 4.74 Å². The molecule has 2 aliphatic carbocycles. The molecule has 2 saturated carbocycles. The second-order valence-corrected chi connectivity index (χ2v) is 9.38. The first-order valence-corrected chi connectivity index (χ1v) is 11.6. The van der Waals surface area contributed by atoms with E-state index in [1.807, 2.05) is 0 Å². The zero-order chi connectivity index (χ0) is 22.0. The Hall–Kier alpha value is -0.870. The van der Waals surface area contributed by atoms with Crippen LogP contribution < -0.4 is 0 Å². The molecule has 31 heavy (non-hydrogen) atoms. The van der Waals surface area contributed by atoms with Crippen LogP contribution in [0.2, 0.25) is 0 Å². The number of carbonyl (C=O) groups is 1. The predicted octanol–water partition coefficient (Wildman–Crippen LogP) is 3.72. The number of halogens is 2. The smallest absolute Gasteiger partial charge is 0.332 e. The molecule has 2 spiro atoms. The van der Waals surface area contributed by atoms with Crippen LogP contribution in [0.5, 0.6) is 0 Å². The molecule has 2 heterocycles. The van der Waals surface area contributed by atoms with Crippen molar-refractivity contribution in [2.24, 2.45) is 0 Å². The molecule has 2 saturated heterocycles. The average Bonchev–Trinajstić information content (AvgIpc) is 3.32. The van der Waals surface area contributed by atoms with Gasteiger partial charge in [0.1, 0.15) is 24.9 Å². The minimum Gasteiger partial charge on any atom is -0.458 e. The Morgan fingerprint density at radius 2 is 1.42 bits per heavy atom. The maximum atomic E-state index is 13.0. The van der Waals surface area contributed by atoms with Gasteiger partial charge in [-0.3, -0.25) is 0 Å². The van der Waals surface area contributed by atoms with Gasteiger partial charge in [-0.1, -0.05) is 12.8 Å². The van der Waals surface area contributed by atoms with Gasteiger partial charge < -0.3 is 28.4 Å². The molecule has 7 nitrogen and oxygen atoms in total. The van der Waals surface area contributed by atoms with E-state index >= 15 is 0 Å². The van der Waals surface area contributed by atoms with Gasteiger partial charge in [-0.05, 0) is 25.7 Å². The van der Waals surface area contributed by atoms with Gasteiger partial charge in [0.15, 0.2) is 18.2 Å². The largest absolute Gasteiger partial charge is 0.458 e. The molecule has 178 valence electrons. The fourth-order valence-corrected chi connectivity index (χ4v) is 5.05. The van der Waals surface area contributed by atoms with Crippen molar-refractivity contribution >= 4 is 5.97 Å². The van der Waals surface area contributed by atoms with Crippen molar-refractivity contribution in [3.05, 3.63) is 0 Å². The van der Waals surface area contributed by atoms with Crippen LogP contribution >= 0.6 is 0 Å². The molecular weight excluding hydrogens is 414 g/mol. The van der Waals surface area contributed by atoms with Crippen molar-refractivity contribution in [2.45, 2.75) is 107 Å². The number of hydrogen-bond donors (Lipinski definition) is 0. The second kappa shape index (κ2) is 9.55. The number of ether oxygens (including phenoxy) is 6. The van der Waals surface area contributed by atoms with Gasteiger partial charge in [0.05, 0.1) is 13.2 Å². The fourth-order valence-electron chi connectivity index (χ4n) is 5.05. The number of hydrogen-bond acceptors (Lipinski definition) is 7. The number of carbonyl (C=O) groups excluding carboxylic acids is 1. The Labute approximate surface area is 182 Å². The summed E-state index contributed by atoms with van der Waals surface area (Å²) in [6.07, 6.45) is 8.35. The monoisotopic (exact) mass is 448 g/mol. The van der Waals surface area contributed by atoms with Gasteiger partial charge in [-0.2, -0.15) is 0 Å². The Kier molecular flexibility index (Phi) is 7.18. The lowest BCUT2D eigenvalue weighted by Gasteiger charge is -2.35. The summed E-state index contributed by atoms with van der Waals surface area (Å²) in [5.41, 5.74) is 0. The van der Waals surface area contributed by atoms with E-state index in [0.717, 1.165) is 64.2 Å². The van der Waals surface area contributed by atoms with Gasteiger partial charge in [0.2, 0.25) is 0 Å². The maximum absolute atomic E-state index is 13.0. The van der Waals surface area contributed by atoms with Crippen molar-refractivity contribution in [1.29, 1.82) is 0 Å². The van der Waals surface area contributed by atoms with Crippen molar-refractivity contribution < 1.29 is 42.0 Å². The lowest BCUT2D eigenvalue weighted by atomic mass is 9.94. The molecule has 0 N–H and O–H groups in total. The molecule has 0 bridgehead atoms. The molecule has 9 heteroatoms. The van der Waals surface area contributed by atoms with Crippen LogP contribution in [0.15, 0.2) is 0 Å². The van der Waals surface area contributed by atoms with Crippen molar-refractivity contribution in [1.82, 2.24) is 0 Å². The molecule has 4 fully saturated rings. The standard InChI is InChI=1S/C22H34F2O7/c1-20(23,24)15-27-18(25)14-26-19(16-12-28-21(30-16)8-4-2-5-9-21)17-13-29-22(31-17)10-6-3-7-11-22/h16-17,19H,2-15H2,1H3. The number of esters is 1. The van der Waals surface area contributed by atoms with E-state index in [0.29, 0.717) is 20.1 Å². The highest BCUT2D eigenvalue weighted by Crippen LogP contribution is 2.42. The summed E-state index contributed by atoms with van der Waals surface area (Å²) in [5.74, 6) is -5.13. The Morgan fingerprint density at radius 1 is 0.935 bits per heavy atom. The lowest BCUT2D eigenvalue weighted by molar-refractivity contribution is -0.223. The first kappa shape index (κ1) is 23.3. The molecule has 0 aromatic heterocycles. The highest BCUT2D eigenvalue weighted by atomic mass is 19.3. The van der Waals surface area contributed by atoms with Crippen LogP contribution in [0.3, 0.4) is 0 Å². The quantitative estimate of drug-likeness (QED) is 0.550. The number of rotatable bonds is 7. The van der Waals surface area contributed by atoms with E-state index in [-0.39, 0.29) is 0 Å². The van der Waals surface area contributed by atoms with Gasteiger partial charge in [0.25, 0.3) is 5.92 Å². The summed E-state index contributed by atoms with van der Waals surface area (Å²) >= 11 is 0. The molecule has 2 unspecified atom stereocenters. The van der Waals surface area contributed by atoms with E-state index < -0.39 is 55.0 Å². The lowest BCUT2D eigenvalue weighted by Crippen LogP contribution is -2.46. The first-order valence-electron chi connectivity index (χ1n) is 11.6. The summed E-state index contributed by atoms with van der Waals surface area (Å²) in [6, 6.07) is 0. The summed E-state index contributed by atoms with van der Waals surface area (Å²) in [4.78, 5) is 12.0. The molecule has 2 atom stereocenters. The Bertz CT molecular complexity index is 575. The Morgan fingerprint density at radius 3 is 1.87 bits per heavy atom. The predicted molar refractivity (Wildman–Crippen MR) is 105 cm³/mol. The van der Waals surface area contributed by atoms with Crippen molar-refractivity contribution in [2.75, 3.05) is 26.4 Å². The van der Waals surface area contributed by atoms with Crippen LogP contribution in [-0.4, -0.2) is 68.2 Å². The van der Waals surface area contributed by atoms with Crippen LogP contribution in [0, 0.1) is 0 Å². The molecule has 0 aromatic rings. The maximum Gasteiger partial charge on any atom is 0.332 e. The normalized spacial score (nSPS) is 31.2. The van der Waals surface area contributed by atoms with Crippen LogP contribution in [-0.2, 0) is 33.2 Å². The third-order valence-corrected chi connectivity index (χ3v) is 6.60. The molecular formula is C22H34F2O7. The molecule has 0 amide bonds. The first-order chi connectivity index (χ1) is 14.8. The van der Waals surface area contributed by atoms with Gasteiger partial charge in [-0.25, -0.2) is 13.6 Å². The molecule has 0 radical (unpaired) electrons. The van der Waals surface area contributed by atoms with Crippen LogP contribution in [0.1, 0.15) is 71.1 Å². The van der Waals surface area contributed by atoms with Gasteiger partial charge >= 0.3 is 5.97 Å². The third kappa shape index (κ3) is 5.93. The SMILES string of the molecule is CC(F)(F)COC(=O)COC(C1COC2(CCCCC2)O1)C1COC2(CCCCC2)O1. The molecule has 4 aliphatic rings. The zero-order valence-electron chi connectivity index (χ0n) is 18.2. The Balaban J connectivity index is 1.39. The van der Waals surface area contributed by atoms with Crippen molar-refractivity contribution in [3.8, 4) is 0 Å². The van der Waals surface area contributed by atoms with E-state index in [4.69, 9.17) is 23.7 Å². The molecule has 4 rings (SSSR count). The average molecular weight is 449 g/mol. The van der Waals surface area contributed by atoms with Gasteiger partial charge in [-0.15, -0.1) is 0 Å². The molecule has 2 aliphatic heterocycles. The summed E-state index contributed by atoms with van der Waals surface area (Å²) < 4.78 is 61.3. The zero-order valence-corrected chi connectivity index (χ0v) is 18.2. The molecule has 0 aromatic carbocycles. The van der Waals surface area contributed by atoms with E-state index in [1.165, 1.54) is 0 Å². The van der Waals surface area contributed by atoms with E-state index in [1.54, 1.807) is 0 Å². The highest BCUT2D eigenvalue weighted by Gasteiger charge is 2.51. The highest BCUT2D eigenvalue weighted by molar-refractivity contribution is 5.70. The summed E-state index contributed by atoms with van der Waals surface area (Å²) in [6.45, 7) is -0.0670. The topological polar surface area (TPSA) is 72.5 Å². The minimum atomic E-state index is -3.08. The fraction of sp³-hybridized carbons (Fsp3) is 0.955. The van der Waals surface area contributed by atoms with Crippen molar-refractivity contribution in [3.63, 3.8) is 0 Å². The van der Waals surface area contributed by atoms with E-state index in [9.17, 15) is 13.6 Å². The second-order valence-electron chi connectivity index (χ2n) is 9.38. The third-order valence-electron chi connectivity index (χ3n) is 6.60. The van der Waals surface area contributed by atoms with Gasteiger partial charge in [0, 0.05) is 32.6 Å². The summed E-state index contributed by atoms with van der Waals surface area (Å²) in [5, 5.41) is 0. The van der Waals surface area contributed by atoms with Crippen LogP contribution in [0.25, 0.3) is 0 Å². The minimum absolute atomic E-state index is 0.333.